The Morgan fingerprint density at radius 1 is 1.22 bits per heavy atom. The first-order valence-electron chi connectivity index (χ1n) is 9.07. The summed E-state index contributed by atoms with van der Waals surface area (Å²) in [4.78, 5) is 22.8. The van der Waals surface area contributed by atoms with Gasteiger partial charge < -0.3 is 15.0 Å². The minimum atomic E-state index is -1.36. The smallest absolute Gasteiger partial charge is 0.253 e. The fraction of sp³-hybridized carbons (Fsp3) is 0.450. The van der Waals surface area contributed by atoms with E-state index < -0.39 is 5.67 Å². The average Bonchev–Trinajstić information content (AvgIpc) is 2.66. The van der Waals surface area contributed by atoms with E-state index in [1.54, 1.807) is 42.3 Å². The van der Waals surface area contributed by atoms with Gasteiger partial charge >= 0.3 is 0 Å². The molecule has 0 aliphatic carbocycles. The first-order chi connectivity index (χ1) is 12.9. The summed E-state index contributed by atoms with van der Waals surface area (Å²) in [5.41, 5.74) is 0.0775. The molecule has 1 amide bonds. The Labute approximate surface area is 158 Å². The molecule has 0 saturated carbocycles. The van der Waals surface area contributed by atoms with Crippen LogP contribution in [0.25, 0.3) is 0 Å². The van der Waals surface area contributed by atoms with E-state index in [1.165, 1.54) is 0 Å². The van der Waals surface area contributed by atoms with Crippen molar-refractivity contribution in [1.29, 1.82) is 0 Å². The van der Waals surface area contributed by atoms with Crippen molar-refractivity contribution in [2.45, 2.75) is 32.4 Å². The number of hydrogen-bond acceptors (Lipinski definition) is 5. The Balaban J connectivity index is 1.55. The van der Waals surface area contributed by atoms with Crippen LogP contribution in [0.2, 0.25) is 0 Å². The first-order valence-corrected chi connectivity index (χ1v) is 9.07. The number of methoxy groups -OCH3 is 1. The van der Waals surface area contributed by atoms with Gasteiger partial charge in [-0.1, -0.05) is 0 Å². The summed E-state index contributed by atoms with van der Waals surface area (Å²) < 4.78 is 20.2. The summed E-state index contributed by atoms with van der Waals surface area (Å²) >= 11 is 0. The highest BCUT2D eigenvalue weighted by molar-refractivity contribution is 5.94. The molecule has 7 heteroatoms. The minimum absolute atomic E-state index is 0.0743. The van der Waals surface area contributed by atoms with Gasteiger partial charge in [0.15, 0.2) is 0 Å². The first kappa shape index (κ1) is 19.1. The lowest BCUT2D eigenvalue weighted by atomic mass is 9.92. The van der Waals surface area contributed by atoms with Crippen LogP contribution in [0, 0.1) is 13.8 Å². The molecule has 1 fully saturated rings. The van der Waals surface area contributed by atoms with Gasteiger partial charge in [0, 0.05) is 43.3 Å². The molecule has 1 aromatic carbocycles. The number of hydrogen-bond donors (Lipinski definition) is 1. The van der Waals surface area contributed by atoms with Crippen LogP contribution in [0.1, 0.15) is 34.7 Å². The van der Waals surface area contributed by atoms with Gasteiger partial charge in [0.1, 0.15) is 23.1 Å². The Kier molecular flexibility index (Phi) is 5.58. The predicted octanol–water partition coefficient (Wildman–Crippen LogP) is 3.16. The number of amides is 1. The number of aromatic nitrogens is 2. The third kappa shape index (κ3) is 4.72. The van der Waals surface area contributed by atoms with E-state index in [0.29, 0.717) is 48.9 Å². The van der Waals surface area contributed by atoms with Crippen LogP contribution in [-0.2, 0) is 0 Å². The molecular formula is C20H25FN4O2. The second-order valence-electron chi connectivity index (χ2n) is 6.97. The van der Waals surface area contributed by atoms with E-state index in [-0.39, 0.29) is 12.5 Å². The van der Waals surface area contributed by atoms with Gasteiger partial charge in [-0.25, -0.2) is 14.4 Å². The van der Waals surface area contributed by atoms with Crippen molar-refractivity contribution >= 4 is 11.7 Å². The van der Waals surface area contributed by atoms with Crippen molar-refractivity contribution in [3.8, 4) is 5.75 Å². The number of alkyl halides is 1. The minimum Gasteiger partial charge on any atom is -0.497 e. The molecular weight excluding hydrogens is 347 g/mol. The maximum Gasteiger partial charge on any atom is 0.253 e. The molecule has 6 nitrogen and oxygen atoms in total. The number of halogens is 1. The second-order valence-corrected chi connectivity index (χ2v) is 6.97. The van der Waals surface area contributed by atoms with Crippen LogP contribution < -0.4 is 10.1 Å². The number of rotatable bonds is 5. The Morgan fingerprint density at radius 3 is 2.48 bits per heavy atom. The number of carbonyl (C=O) groups excluding carboxylic acids is 1. The van der Waals surface area contributed by atoms with Crippen molar-refractivity contribution in [2.24, 2.45) is 0 Å². The SMILES string of the molecule is COc1ccc(C(=O)N2CCC(F)(CNc3cc(C)nc(C)n3)CC2)cc1. The zero-order valence-corrected chi connectivity index (χ0v) is 16.0. The molecule has 27 heavy (non-hydrogen) atoms. The molecule has 144 valence electrons. The summed E-state index contributed by atoms with van der Waals surface area (Å²) in [6, 6.07) is 8.79. The Hall–Kier alpha value is -2.70. The fourth-order valence-corrected chi connectivity index (χ4v) is 3.26. The lowest BCUT2D eigenvalue weighted by Crippen LogP contribution is -2.47. The molecule has 1 N–H and O–H groups in total. The van der Waals surface area contributed by atoms with Crippen LogP contribution in [-0.4, -0.2) is 53.2 Å². The van der Waals surface area contributed by atoms with Crippen molar-refractivity contribution in [2.75, 3.05) is 32.1 Å². The Morgan fingerprint density at radius 2 is 1.89 bits per heavy atom. The van der Waals surface area contributed by atoms with Crippen LogP contribution in [0.5, 0.6) is 5.75 Å². The van der Waals surface area contributed by atoms with E-state index in [0.717, 1.165) is 5.69 Å². The third-order valence-corrected chi connectivity index (χ3v) is 4.84. The molecule has 0 radical (unpaired) electrons. The number of nitrogens with one attached hydrogen (secondary N) is 1. The maximum absolute atomic E-state index is 15.1. The van der Waals surface area contributed by atoms with Gasteiger partial charge in [-0.3, -0.25) is 4.79 Å². The highest BCUT2D eigenvalue weighted by Gasteiger charge is 2.36. The standard InChI is InChI=1S/C20H25FN4O2/c1-14-12-18(24-15(2)23-14)22-13-20(21)8-10-25(11-9-20)19(26)16-4-6-17(27-3)7-5-16/h4-7,12H,8-11,13H2,1-3H3,(H,22,23,24). The van der Waals surface area contributed by atoms with Crippen LogP contribution >= 0.6 is 0 Å². The molecule has 2 heterocycles. The quantitative estimate of drug-likeness (QED) is 0.873. The molecule has 0 unspecified atom stereocenters. The van der Waals surface area contributed by atoms with E-state index in [9.17, 15) is 4.79 Å². The van der Waals surface area contributed by atoms with Gasteiger partial charge in [-0.2, -0.15) is 0 Å². The largest absolute Gasteiger partial charge is 0.497 e. The van der Waals surface area contributed by atoms with Crippen LogP contribution in [0.15, 0.2) is 30.3 Å². The number of anilines is 1. The van der Waals surface area contributed by atoms with Crippen molar-refractivity contribution in [1.82, 2.24) is 14.9 Å². The summed E-state index contributed by atoms with van der Waals surface area (Å²) in [5.74, 6) is 1.92. The number of benzene rings is 1. The number of ether oxygens (including phenoxy) is 1. The molecule has 0 spiro atoms. The van der Waals surface area contributed by atoms with E-state index in [4.69, 9.17) is 4.74 Å². The van der Waals surface area contributed by atoms with Gasteiger partial charge in [0.05, 0.1) is 13.7 Å². The summed E-state index contributed by atoms with van der Waals surface area (Å²) in [6.07, 6.45) is 0.593. The van der Waals surface area contributed by atoms with Crippen molar-refractivity contribution in [3.05, 3.63) is 47.4 Å². The average molecular weight is 372 g/mol. The van der Waals surface area contributed by atoms with E-state index in [1.807, 2.05) is 13.8 Å². The Bertz CT molecular complexity index is 782. The summed E-state index contributed by atoms with van der Waals surface area (Å²) in [6.45, 7) is 4.66. The maximum atomic E-state index is 15.1. The zero-order chi connectivity index (χ0) is 19.4. The lowest BCUT2D eigenvalue weighted by Gasteiger charge is -2.36. The molecule has 3 rings (SSSR count). The number of aryl methyl sites for hydroxylation is 2. The number of carbonyl (C=O) groups is 1. The molecule has 0 bridgehead atoms. The highest BCUT2D eigenvalue weighted by Crippen LogP contribution is 2.28. The number of piperidine rings is 1. The molecule has 1 aromatic heterocycles. The van der Waals surface area contributed by atoms with Gasteiger partial charge in [-0.05, 0) is 38.1 Å². The van der Waals surface area contributed by atoms with Crippen molar-refractivity contribution < 1.29 is 13.9 Å². The molecule has 1 saturated heterocycles. The van der Waals surface area contributed by atoms with Crippen molar-refractivity contribution in [3.63, 3.8) is 0 Å². The second kappa shape index (κ2) is 7.90. The fourth-order valence-electron chi connectivity index (χ4n) is 3.26. The number of likely N-dealkylation sites (tertiary alicyclic amines) is 1. The topological polar surface area (TPSA) is 67.3 Å². The van der Waals surface area contributed by atoms with E-state index >= 15 is 4.39 Å². The molecule has 0 atom stereocenters. The zero-order valence-electron chi connectivity index (χ0n) is 16.0. The summed E-state index contributed by atoms with van der Waals surface area (Å²) in [5, 5.41) is 3.08. The van der Waals surface area contributed by atoms with Gasteiger partial charge in [-0.15, -0.1) is 0 Å². The van der Waals surface area contributed by atoms with Crippen LogP contribution in [0.4, 0.5) is 10.2 Å². The lowest BCUT2D eigenvalue weighted by molar-refractivity contribution is 0.0483. The summed E-state index contributed by atoms with van der Waals surface area (Å²) in [7, 11) is 1.58. The monoisotopic (exact) mass is 372 g/mol. The predicted molar refractivity (Wildman–Crippen MR) is 102 cm³/mol. The number of nitrogens with zero attached hydrogens (tertiary/aromatic N) is 3. The molecule has 1 aliphatic heterocycles. The van der Waals surface area contributed by atoms with Gasteiger partial charge in [0.2, 0.25) is 0 Å². The highest BCUT2D eigenvalue weighted by atomic mass is 19.1. The van der Waals surface area contributed by atoms with E-state index in [2.05, 4.69) is 15.3 Å². The van der Waals surface area contributed by atoms with Gasteiger partial charge in [0.25, 0.3) is 5.91 Å². The van der Waals surface area contributed by atoms with Crippen LogP contribution in [0.3, 0.4) is 0 Å². The molecule has 2 aromatic rings. The molecule has 1 aliphatic rings. The third-order valence-electron chi connectivity index (χ3n) is 4.84. The normalized spacial score (nSPS) is 16.1.